The molecule has 5 heteroatoms. The average molecular weight is 251 g/mol. The number of carboxylic acid groups (broad SMARTS) is 1. The molecule has 1 fully saturated rings. The van der Waals surface area contributed by atoms with Crippen LogP contribution in [0.2, 0.25) is 0 Å². The first-order valence-corrected chi connectivity index (χ1v) is 6.52. The first-order chi connectivity index (χ1) is 8.56. The molecule has 0 unspecified atom stereocenters. The van der Waals surface area contributed by atoms with Crippen LogP contribution in [0.25, 0.3) is 0 Å². The SMILES string of the molecule is Cc1cc(CNC2CCC(C(=O)O)CC2)n(C)n1. The molecular weight excluding hydrogens is 230 g/mol. The maximum Gasteiger partial charge on any atom is 0.306 e. The predicted octanol–water partition coefficient (Wildman–Crippen LogP) is 1.46. The van der Waals surface area contributed by atoms with E-state index in [-0.39, 0.29) is 5.92 Å². The molecule has 0 bridgehead atoms. The Bertz CT molecular complexity index is 420. The van der Waals surface area contributed by atoms with Crippen molar-refractivity contribution in [2.45, 2.75) is 45.2 Å². The molecule has 1 aliphatic carbocycles. The molecule has 0 atom stereocenters. The molecule has 1 aromatic heterocycles. The third-order valence-electron chi connectivity index (χ3n) is 3.75. The summed E-state index contributed by atoms with van der Waals surface area (Å²) in [7, 11) is 1.95. The Morgan fingerprint density at radius 1 is 1.50 bits per heavy atom. The highest BCUT2D eigenvalue weighted by Crippen LogP contribution is 2.24. The number of hydrogen-bond acceptors (Lipinski definition) is 3. The lowest BCUT2D eigenvalue weighted by Gasteiger charge is -2.26. The van der Waals surface area contributed by atoms with Gasteiger partial charge in [-0.25, -0.2) is 0 Å². The van der Waals surface area contributed by atoms with Gasteiger partial charge in [-0.3, -0.25) is 9.48 Å². The third kappa shape index (κ3) is 3.10. The van der Waals surface area contributed by atoms with Crippen molar-refractivity contribution in [3.63, 3.8) is 0 Å². The van der Waals surface area contributed by atoms with E-state index < -0.39 is 5.97 Å². The lowest BCUT2D eigenvalue weighted by Crippen LogP contribution is -2.34. The standard InChI is InChI=1S/C13H21N3O2/c1-9-7-12(16(2)15-9)8-14-11-5-3-10(4-6-11)13(17)18/h7,10-11,14H,3-6,8H2,1-2H3,(H,17,18). The largest absolute Gasteiger partial charge is 0.481 e. The minimum absolute atomic E-state index is 0.137. The normalized spacial score (nSPS) is 24.1. The number of carboxylic acids is 1. The van der Waals surface area contributed by atoms with E-state index in [1.54, 1.807) is 0 Å². The maximum absolute atomic E-state index is 10.9. The zero-order chi connectivity index (χ0) is 13.1. The van der Waals surface area contributed by atoms with E-state index in [1.165, 1.54) is 5.69 Å². The van der Waals surface area contributed by atoms with Crippen LogP contribution in [0.15, 0.2) is 6.07 Å². The van der Waals surface area contributed by atoms with Crippen molar-refractivity contribution in [2.75, 3.05) is 0 Å². The van der Waals surface area contributed by atoms with Crippen LogP contribution in [0.5, 0.6) is 0 Å². The van der Waals surface area contributed by atoms with Gasteiger partial charge < -0.3 is 10.4 Å². The molecule has 0 saturated heterocycles. The summed E-state index contributed by atoms with van der Waals surface area (Å²) in [5, 5.41) is 16.7. The summed E-state index contributed by atoms with van der Waals surface area (Å²) in [4.78, 5) is 10.9. The highest BCUT2D eigenvalue weighted by Gasteiger charge is 2.25. The van der Waals surface area contributed by atoms with Gasteiger partial charge >= 0.3 is 5.97 Å². The van der Waals surface area contributed by atoms with Gasteiger partial charge in [-0.1, -0.05) is 0 Å². The molecule has 0 radical (unpaired) electrons. The molecule has 0 amide bonds. The topological polar surface area (TPSA) is 67.2 Å². The molecule has 0 aliphatic heterocycles. The Kier molecular flexibility index (Phi) is 4.01. The summed E-state index contributed by atoms with van der Waals surface area (Å²) in [6.45, 7) is 2.79. The molecule has 1 heterocycles. The van der Waals surface area contributed by atoms with Gasteiger partial charge in [0.05, 0.1) is 17.3 Å². The van der Waals surface area contributed by atoms with Crippen LogP contribution >= 0.6 is 0 Å². The molecule has 0 spiro atoms. The minimum Gasteiger partial charge on any atom is -0.481 e. The molecule has 2 N–H and O–H groups in total. The summed E-state index contributed by atoms with van der Waals surface area (Å²) < 4.78 is 1.89. The first-order valence-electron chi connectivity index (χ1n) is 6.52. The quantitative estimate of drug-likeness (QED) is 0.850. The zero-order valence-electron chi connectivity index (χ0n) is 11.0. The Balaban J connectivity index is 1.79. The summed E-state index contributed by atoms with van der Waals surface area (Å²) in [5.41, 5.74) is 2.21. The van der Waals surface area contributed by atoms with Crippen LogP contribution in [0.1, 0.15) is 37.1 Å². The molecule has 1 saturated carbocycles. The predicted molar refractivity (Wildman–Crippen MR) is 68.2 cm³/mol. The minimum atomic E-state index is -0.643. The van der Waals surface area contributed by atoms with Crippen molar-refractivity contribution in [1.29, 1.82) is 0 Å². The van der Waals surface area contributed by atoms with Gasteiger partial charge in [0.2, 0.25) is 0 Å². The van der Waals surface area contributed by atoms with Crippen molar-refractivity contribution in [3.05, 3.63) is 17.5 Å². The van der Waals surface area contributed by atoms with E-state index >= 15 is 0 Å². The lowest BCUT2D eigenvalue weighted by atomic mass is 9.86. The first kappa shape index (κ1) is 13.1. The van der Waals surface area contributed by atoms with E-state index in [4.69, 9.17) is 5.11 Å². The number of nitrogens with zero attached hydrogens (tertiary/aromatic N) is 2. The van der Waals surface area contributed by atoms with Crippen molar-refractivity contribution in [1.82, 2.24) is 15.1 Å². The van der Waals surface area contributed by atoms with Gasteiger partial charge in [-0.2, -0.15) is 5.10 Å². The number of hydrogen-bond donors (Lipinski definition) is 2. The summed E-state index contributed by atoms with van der Waals surface area (Å²) in [6, 6.07) is 2.52. The molecular formula is C13H21N3O2. The van der Waals surface area contributed by atoms with Crippen molar-refractivity contribution in [3.8, 4) is 0 Å². The van der Waals surface area contributed by atoms with Crippen LogP contribution in [0.4, 0.5) is 0 Å². The van der Waals surface area contributed by atoms with Crippen molar-refractivity contribution < 1.29 is 9.90 Å². The second-order valence-electron chi connectivity index (χ2n) is 5.17. The molecule has 2 rings (SSSR count). The maximum atomic E-state index is 10.9. The monoisotopic (exact) mass is 251 g/mol. The molecule has 5 nitrogen and oxygen atoms in total. The fourth-order valence-corrected chi connectivity index (χ4v) is 2.62. The van der Waals surface area contributed by atoms with Gasteiger partial charge in [0, 0.05) is 19.6 Å². The Labute approximate surface area is 107 Å². The highest BCUT2D eigenvalue weighted by atomic mass is 16.4. The van der Waals surface area contributed by atoms with Crippen molar-refractivity contribution >= 4 is 5.97 Å². The number of aliphatic carboxylic acids is 1. The Hall–Kier alpha value is -1.36. The number of aryl methyl sites for hydroxylation is 2. The summed E-state index contributed by atoms with van der Waals surface area (Å²) >= 11 is 0. The van der Waals surface area contributed by atoms with Gasteiger partial charge in [-0.15, -0.1) is 0 Å². The van der Waals surface area contributed by atoms with E-state index in [1.807, 2.05) is 18.7 Å². The lowest BCUT2D eigenvalue weighted by molar-refractivity contribution is -0.142. The number of carbonyl (C=O) groups is 1. The fraction of sp³-hybridized carbons (Fsp3) is 0.692. The van der Waals surface area contributed by atoms with E-state index in [0.29, 0.717) is 6.04 Å². The van der Waals surface area contributed by atoms with Crippen molar-refractivity contribution in [2.24, 2.45) is 13.0 Å². The average Bonchev–Trinajstić information content (AvgIpc) is 2.66. The zero-order valence-corrected chi connectivity index (χ0v) is 11.0. The van der Waals surface area contributed by atoms with Crippen LogP contribution in [-0.2, 0) is 18.4 Å². The highest BCUT2D eigenvalue weighted by molar-refractivity contribution is 5.70. The molecule has 0 aromatic carbocycles. The second kappa shape index (κ2) is 5.52. The number of nitrogens with one attached hydrogen (secondary N) is 1. The summed E-state index contributed by atoms with van der Waals surface area (Å²) in [5.74, 6) is -0.780. The van der Waals surface area contributed by atoms with E-state index in [9.17, 15) is 4.79 Å². The van der Waals surface area contributed by atoms with Crippen LogP contribution < -0.4 is 5.32 Å². The second-order valence-corrected chi connectivity index (χ2v) is 5.17. The number of aromatic nitrogens is 2. The fourth-order valence-electron chi connectivity index (χ4n) is 2.62. The van der Waals surface area contributed by atoms with Crippen LogP contribution in [0.3, 0.4) is 0 Å². The Morgan fingerprint density at radius 2 is 2.17 bits per heavy atom. The Morgan fingerprint density at radius 3 is 2.67 bits per heavy atom. The number of rotatable bonds is 4. The smallest absolute Gasteiger partial charge is 0.306 e. The molecule has 1 aliphatic rings. The van der Waals surface area contributed by atoms with Gasteiger partial charge in [0.1, 0.15) is 0 Å². The van der Waals surface area contributed by atoms with Gasteiger partial charge in [0.15, 0.2) is 0 Å². The van der Waals surface area contributed by atoms with E-state index in [0.717, 1.165) is 37.9 Å². The third-order valence-corrected chi connectivity index (χ3v) is 3.75. The summed E-state index contributed by atoms with van der Waals surface area (Å²) in [6.07, 6.45) is 3.48. The van der Waals surface area contributed by atoms with Gasteiger partial charge in [0.25, 0.3) is 0 Å². The molecule has 1 aromatic rings. The van der Waals surface area contributed by atoms with Crippen LogP contribution in [0, 0.1) is 12.8 Å². The molecule has 18 heavy (non-hydrogen) atoms. The van der Waals surface area contributed by atoms with Crippen LogP contribution in [-0.4, -0.2) is 26.9 Å². The van der Waals surface area contributed by atoms with Gasteiger partial charge in [-0.05, 0) is 38.7 Å². The van der Waals surface area contributed by atoms with E-state index in [2.05, 4.69) is 16.5 Å². The molecule has 100 valence electrons.